The van der Waals surface area contributed by atoms with Gasteiger partial charge in [0.25, 0.3) is 0 Å². The van der Waals surface area contributed by atoms with Crippen LogP contribution in [0.5, 0.6) is 11.5 Å². The molecule has 0 bridgehead atoms. The molecular formula is C15H23N2O3-. The first kappa shape index (κ1) is 15.1. The number of hydroxylamine groups is 2. The van der Waals surface area contributed by atoms with E-state index in [4.69, 9.17) is 9.47 Å². The summed E-state index contributed by atoms with van der Waals surface area (Å²) in [5, 5.41) is 15.4. The summed E-state index contributed by atoms with van der Waals surface area (Å²) >= 11 is 0. The lowest BCUT2D eigenvalue weighted by Gasteiger charge is -2.19. The third-order valence-corrected chi connectivity index (χ3v) is 3.45. The highest BCUT2D eigenvalue weighted by molar-refractivity contribution is 5.43. The van der Waals surface area contributed by atoms with Crippen LogP contribution in [-0.4, -0.2) is 38.0 Å². The van der Waals surface area contributed by atoms with E-state index in [-0.39, 0.29) is 6.04 Å². The van der Waals surface area contributed by atoms with E-state index in [1.165, 1.54) is 0 Å². The van der Waals surface area contributed by atoms with Crippen molar-refractivity contribution in [1.29, 1.82) is 0 Å². The number of ether oxygens (including phenoxy) is 2. The van der Waals surface area contributed by atoms with Crippen molar-refractivity contribution in [1.82, 2.24) is 10.4 Å². The van der Waals surface area contributed by atoms with Gasteiger partial charge < -0.3 is 25.1 Å². The Morgan fingerprint density at radius 2 is 2.25 bits per heavy atom. The van der Waals surface area contributed by atoms with Crippen LogP contribution in [0.1, 0.15) is 25.3 Å². The maximum absolute atomic E-state index is 11.2. The molecule has 1 heterocycles. The minimum absolute atomic E-state index is 0.212. The molecule has 1 saturated heterocycles. The van der Waals surface area contributed by atoms with E-state index in [1.807, 2.05) is 18.2 Å². The fourth-order valence-corrected chi connectivity index (χ4v) is 2.31. The van der Waals surface area contributed by atoms with Crippen molar-refractivity contribution in [3.05, 3.63) is 29.0 Å². The smallest absolute Gasteiger partial charge is 0.161 e. The van der Waals surface area contributed by atoms with Gasteiger partial charge in [-0.1, -0.05) is 19.4 Å². The Morgan fingerprint density at radius 1 is 1.40 bits per heavy atom. The topological polar surface area (TPSA) is 56.8 Å². The molecule has 0 spiro atoms. The highest BCUT2D eigenvalue weighted by Gasteiger charge is 2.16. The van der Waals surface area contributed by atoms with E-state index in [0.717, 1.165) is 41.4 Å². The van der Waals surface area contributed by atoms with Crippen LogP contribution in [0.2, 0.25) is 0 Å². The number of nitrogens with zero attached hydrogens (tertiary/aromatic N) is 1. The summed E-state index contributed by atoms with van der Waals surface area (Å²) < 4.78 is 11.1. The average Bonchev–Trinajstić information content (AvgIpc) is 2.85. The van der Waals surface area contributed by atoms with Gasteiger partial charge in [-0.25, -0.2) is 0 Å². The van der Waals surface area contributed by atoms with Crippen LogP contribution in [0.4, 0.5) is 0 Å². The second-order valence-corrected chi connectivity index (χ2v) is 5.11. The zero-order valence-corrected chi connectivity index (χ0v) is 12.2. The van der Waals surface area contributed by atoms with E-state index < -0.39 is 0 Å². The highest BCUT2D eigenvalue weighted by Crippen LogP contribution is 2.29. The Bertz CT molecular complexity index is 426. The molecule has 1 unspecified atom stereocenters. The van der Waals surface area contributed by atoms with Gasteiger partial charge in [0.1, 0.15) is 0 Å². The summed E-state index contributed by atoms with van der Waals surface area (Å²) in [5.41, 5.74) is 1.16. The molecule has 1 atom stereocenters. The van der Waals surface area contributed by atoms with Crippen molar-refractivity contribution in [2.75, 3.05) is 26.9 Å². The Kier molecular flexibility index (Phi) is 5.64. The van der Waals surface area contributed by atoms with Crippen molar-refractivity contribution in [3.8, 4) is 11.5 Å². The second-order valence-electron chi connectivity index (χ2n) is 5.11. The maximum atomic E-state index is 11.2. The molecule has 5 heteroatoms. The molecule has 0 radical (unpaired) electrons. The van der Waals surface area contributed by atoms with Crippen LogP contribution < -0.4 is 14.8 Å². The lowest BCUT2D eigenvalue weighted by molar-refractivity contribution is 0.288. The van der Waals surface area contributed by atoms with E-state index in [0.29, 0.717) is 19.8 Å². The molecule has 1 fully saturated rings. The normalized spacial score (nSPS) is 19.2. The third-order valence-electron chi connectivity index (χ3n) is 3.45. The average molecular weight is 279 g/mol. The van der Waals surface area contributed by atoms with Crippen molar-refractivity contribution in [2.24, 2.45) is 0 Å². The van der Waals surface area contributed by atoms with Crippen LogP contribution in [0, 0.1) is 5.21 Å². The molecule has 20 heavy (non-hydrogen) atoms. The maximum Gasteiger partial charge on any atom is 0.161 e. The first-order valence-electron chi connectivity index (χ1n) is 7.18. The highest BCUT2D eigenvalue weighted by atomic mass is 16.5. The van der Waals surface area contributed by atoms with Crippen LogP contribution in [0.15, 0.2) is 18.2 Å². The monoisotopic (exact) mass is 279 g/mol. The van der Waals surface area contributed by atoms with Gasteiger partial charge in [0.05, 0.1) is 13.7 Å². The zero-order valence-electron chi connectivity index (χ0n) is 12.2. The van der Waals surface area contributed by atoms with Gasteiger partial charge in [-0.3, -0.25) is 0 Å². The van der Waals surface area contributed by atoms with E-state index >= 15 is 0 Å². The molecule has 0 aliphatic carbocycles. The molecule has 1 aliphatic rings. The van der Waals surface area contributed by atoms with Crippen molar-refractivity contribution >= 4 is 0 Å². The van der Waals surface area contributed by atoms with E-state index in [1.54, 1.807) is 7.11 Å². The second kappa shape index (κ2) is 7.47. The third kappa shape index (κ3) is 4.10. The van der Waals surface area contributed by atoms with E-state index in [2.05, 4.69) is 12.2 Å². The quantitative estimate of drug-likeness (QED) is 0.775. The molecule has 1 aromatic rings. The Morgan fingerprint density at radius 3 is 2.90 bits per heavy atom. The van der Waals surface area contributed by atoms with Gasteiger partial charge in [0, 0.05) is 19.3 Å². The summed E-state index contributed by atoms with van der Waals surface area (Å²) in [6, 6.07) is 6.19. The van der Waals surface area contributed by atoms with Gasteiger partial charge in [-0.15, -0.1) is 0 Å². The first-order chi connectivity index (χ1) is 9.72. The number of nitrogens with one attached hydrogen (secondary N) is 1. The van der Waals surface area contributed by atoms with Crippen LogP contribution in [0.25, 0.3) is 0 Å². The summed E-state index contributed by atoms with van der Waals surface area (Å²) in [7, 11) is 1.65. The summed E-state index contributed by atoms with van der Waals surface area (Å²) in [6.45, 7) is 3.79. The molecule has 5 nitrogen and oxygen atoms in total. The standard InChI is InChI=1S/C15H23N2O3/c1-3-4-7-20-15-9-12(5-6-14(15)19-2)8-13-10-17(18)11-16-13/h5-6,9,13,16H,3-4,7-8,10-11H2,1-2H3/q-1. The molecule has 112 valence electrons. The molecule has 1 N–H and O–H groups in total. The number of benzene rings is 1. The summed E-state index contributed by atoms with van der Waals surface area (Å²) in [4.78, 5) is 0. The minimum Gasteiger partial charge on any atom is -0.784 e. The summed E-state index contributed by atoms with van der Waals surface area (Å²) in [6.07, 6.45) is 2.96. The number of hydrogen-bond acceptors (Lipinski definition) is 5. The molecule has 0 saturated carbocycles. The largest absolute Gasteiger partial charge is 0.784 e. The molecular weight excluding hydrogens is 256 g/mol. The Labute approximate surface area is 120 Å². The number of unbranched alkanes of at least 4 members (excludes halogenated alkanes) is 1. The minimum atomic E-state index is 0.212. The van der Waals surface area contributed by atoms with Gasteiger partial charge in [-0.05, 0) is 30.5 Å². The van der Waals surface area contributed by atoms with Crippen molar-refractivity contribution < 1.29 is 9.47 Å². The fraction of sp³-hybridized carbons (Fsp3) is 0.600. The lowest BCUT2D eigenvalue weighted by atomic mass is 10.1. The van der Waals surface area contributed by atoms with Crippen LogP contribution >= 0.6 is 0 Å². The van der Waals surface area contributed by atoms with Crippen molar-refractivity contribution in [3.63, 3.8) is 0 Å². The number of methoxy groups -OCH3 is 1. The Balaban J connectivity index is 2.00. The lowest BCUT2D eigenvalue weighted by Crippen LogP contribution is -2.25. The molecule has 2 rings (SSSR count). The van der Waals surface area contributed by atoms with Crippen LogP contribution in [-0.2, 0) is 6.42 Å². The van der Waals surface area contributed by atoms with E-state index in [9.17, 15) is 5.21 Å². The summed E-state index contributed by atoms with van der Waals surface area (Å²) in [5.74, 6) is 1.55. The number of hydrogen-bond donors (Lipinski definition) is 1. The van der Waals surface area contributed by atoms with Gasteiger partial charge >= 0.3 is 0 Å². The predicted octanol–water partition coefficient (Wildman–Crippen LogP) is 2.15. The molecule has 1 aromatic carbocycles. The SMILES string of the molecule is CCCCOc1cc(CC2CN([O-])CN2)ccc1OC. The van der Waals surface area contributed by atoms with Gasteiger partial charge in [0.2, 0.25) is 0 Å². The first-order valence-corrected chi connectivity index (χ1v) is 7.18. The zero-order chi connectivity index (χ0) is 14.4. The van der Waals surface area contributed by atoms with Crippen molar-refractivity contribution in [2.45, 2.75) is 32.2 Å². The fourth-order valence-electron chi connectivity index (χ4n) is 2.31. The predicted molar refractivity (Wildman–Crippen MR) is 79.0 cm³/mol. The van der Waals surface area contributed by atoms with Gasteiger partial charge in [-0.2, -0.15) is 0 Å². The Hall–Kier alpha value is -1.30. The molecule has 0 aromatic heterocycles. The van der Waals surface area contributed by atoms with Gasteiger partial charge in [0.15, 0.2) is 11.5 Å². The molecule has 0 amide bonds. The molecule has 1 aliphatic heterocycles. The van der Waals surface area contributed by atoms with Crippen LogP contribution in [0.3, 0.4) is 0 Å². The number of rotatable bonds is 7.